The fourth-order valence-electron chi connectivity index (χ4n) is 2.73. The molecule has 1 unspecified atom stereocenters. The first-order valence-electron chi connectivity index (χ1n) is 7.55. The van der Waals surface area contributed by atoms with Gasteiger partial charge >= 0.3 is 0 Å². The van der Waals surface area contributed by atoms with Gasteiger partial charge in [0.05, 0.1) is 7.11 Å². The van der Waals surface area contributed by atoms with Crippen LogP contribution in [-0.4, -0.2) is 50.8 Å². The summed E-state index contributed by atoms with van der Waals surface area (Å²) in [7, 11) is 1.68. The second-order valence-electron chi connectivity index (χ2n) is 5.18. The average molecular weight is 278 g/mol. The van der Waals surface area contributed by atoms with Crippen molar-refractivity contribution in [2.75, 3.05) is 39.9 Å². The minimum atomic E-state index is 0.648. The summed E-state index contributed by atoms with van der Waals surface area (Å²) in [5.74, 6) is 1.63. The van der Waals surface area contributed by atoms with Crippen molar-refractivity contribution >= 4 is 0 Å². The lowest BCUT2D eigenvalue weighted by Gasteiger charge is -2.36. The molecule has 0 aromatic heterocycles. The van der Waals surface area contributed by atoms with Crippen LogP contribution >= 0.6 is 0 Å². The lowest BCUT2D eigenvalue weighted by Crippen LogP contribution is -2.52. The van der Waals surface area contributed by atoms with E-state index in [0.717, 1.165) is 37.7 Å². The maximum Gasteiger partial charge on any atom is 0.161 e. The monoisotopic (exact) mass is 278 g/mol. The van der Waals surface area contributed by atoms with E-state index in [4.69, 9.17) is 9.47 Å². The van der Waals surface area contributed by atoms with Gasteiger partial charge in [0, 0.05) is 32.2 Å². The molecule has 4 heteroatoms. The van der Waals surface area contributed by atoms with Crippen LogP contribution in [0.15, 0.2) is 24.3 Å². The summed E-state index contributed by atoms with van der Waals surface area (Å²) in [4.78, 5) is 2.54. The van der Waals surface area contributed by atoms with Gasteiger partial charge in [-0.3, -0.25) is 4.90 Å². The topological polar surface area (TPSA) is 33.7 Å². The van der Waals surface area contributed by atoms with Gasteiger partial charge in [0.1, 0.15) is 6.61 Å². The summed E-state index contributed by atoms with van der Waals surface area (Å²) >= 11 is 0. The Labute approximate surface area is 122 Å². The number of nitrogens with zero attached hydrogens (tertiary/aromatic N) is 1. The first kappa shape index (κ1) is 15.1. The SMILES string of the molecule is CCCC1CNCCN1CCOc1ccccc1OC. The van der Waals surface area contributed by atoms with Crippen LogP contribution in [0, 0.1) is 0 Å². The number of para-hydroxylation sites is 2. The van der Waals surface area contributed by atoms with Gasteiger partial charge in [-0.25, -0.2) is 0 Å². The molecule has 1 saturated heterocycles. The maximum absolute atomic E-state index is 5.87. The molecule has 1 aliphatic heterocycles. The Bertz CT molecular complexity index is 396. The molecule has 1 aromatic carbocycles. The van der Waals surface area contributed by atoms with Crippen molar-refractivity contribution in [3.63, 3.8) is 0 Å². The second-order valence-corrected chi connectivity index (χ2v) is 5.18. The number of ether oxygens (including phenoxy) is 2. The molecule has 1 fully saturated rings. The summed E-state index contributed by atoms with van der Waals surface area (Å²) in [6.07, 6.45) is 2.48. The first-order chi connectivity index (χ1) is 9.85. The molecule has 0 amide bonds. The molecule has 0 radical (unpaired) electrons. The molecule has 1 aliphatic rings. The highest BCUT2D eigenvalue weighted by Gasteiger charge is 2.20. The zero-order chi connectivity index (χ0) is 14.2. The Kier molecular flexibility index (Phi) is 6.15. The zero-order valence-corrected chi connectivity index (χ0v) is 12.6. The van der Waals surface area contributed by atoms with Crippen LogP contribution in [0.25, 0.3) is 0 Å². The van der Waals surface area contributed by atoms with Crippen molar-refractivity contribution in [2.45, 2.75) is 25.8 Å². The van der Waals surface area contributed by atoms with E-state index >= 15 is 0 Å². The molecule has 1 N–H and O–H groups in total. The lowest BCUT2D eigenvalue weighted by molar-refractivity contribution is 0.126. The van der Waals surface area contributed by atoms with E-state index < -0.39 is 0 Å². The van der Waals surface area contributed by atoms with E-state index in [1.165, 1.54) is 12.8 Å². The quantitative estimate of drug-likeness (QED) is 0.828. The third kappa shape index (κ3) is 4.12. The highest BCUT2D eigenvalue weighted by atomic mass is 16.5. The summed E-state index contributed by atoms with van der Waals surface area (Å²) in [5, 5.41) is 3.47. The Balaban J connectivity index is 1.82. The van der Waals surface area contributed by atoms with Crippen molar-refractivity contribution in [2.24, 2.45) is 0 Å². The minimum Gasteiger partial charge on any atom is -0.493 e. The van der Waals surface area contributed by atoms with Crippen LogP contribution in [-0.2, 0) is 0 Å². The van der Waals surface area contributed by atoms with Crippen LogP contribution in [0.1, 0.15) is 19.8 Å². The summed E-state index contributed by atoms with van der Waals surface area (Å²) in [5.41, 5.74) is 0. The maximum atomic E-state index is 5.87. The average Bonchev–Trinajstić information content (AvgIpc) is 2.50. The number of benzene rings is 1. The van der Waals surface area contributed by atoms with Gasteiger partial charge in [0.2, 0.25) is 0 Å². The van der Waals surface area contributed by atoms with Crippen molar-refractivity contribution < 1.29 is 9.47 Å². The molecule has 2 rings (SSSR count). The Morgan fingerprint density at radius 2 is 2.10 bits per heavy atom. The minimum absolute atomic E-state index is 0.648. The van der Waals surface area contributed by atoms with Gasteiger partial charge in [-0.05, 0) is 18.6 Å². The molecule has 1 atom stereocenters. The molecule has 1 aromatic rings. The first-order valence-corrected chi connectivity index (χ1v) is 7.55. The summed E-state index contributed by atoms with van der Waals surface area (Å²) in [6, 6.07) is 8.47. The molecular formula is C16H26N2O2. The van der Waals surface area contributed by atoms with Crippen molar-refractivity contribution in [3.8, 4) is 11.5 Å². The Morgan fingerprint density at radius 3 is 2.85 bits per heavy atom. The molecule has 1 heterocycles. The summed E-state index contributed by atoms with van der Waals surface area (Å²) in [6.45, 7) is 7.22. The standard InChI is InChI=1S/C16H26N2O2/c1-3-6-14-13-17-9-10-18(14)11-12-20-16-8-5-4-7-15(16)19-2/h4-5,7-8,14,17H,3,6,9-13H2,1-2H3. The van der Waals surface area contributed by atoms with Crippen LogP contribution in [0.3, 0.4) is 0 Å². The molecule has 112 valence electrons. The lowest BCUT2D eigenvalue weighted by atomic mass is 10.1. The van der Waals surface area contributed by atoms with Crippen LogP contribution in [0.2, 0.25) is 0 Å². The normalized spacial score (nSPS) is 19.8. The van der Waals surface area contributed by atoms with E-state index in [1.54, 1.807) is 7.11 Å². The van der Waals surface area contributed by atoms with Gasteiger partial charge in [0.15, 0.2) is 11.5 Å². The van der Waals surface area contributed by atoms with Crippen LogP contribution in [0.5, 0.6) is 11.5 Å². The smallest absolute Gasteiger partial charge is 0.161 e. The second kappa shape index (κ2) is 8.12. The highest BCUT2D eigenvalue weighted by Crippen LogP contribution is 2.25. The third-order valence-corrected chi connectivity index (χ3v) is 3.80. The van der Waals surface area contributed by atoms with Gasteiger partial charge < -0.3 is 14.8 Å². The molecule has 20 heavy (non-hydrogen) atoms. The van der Waals surface area contributed by atoms with Crippen molar-refractivity contribution in [1.82, 2.24) is 10.2 Å². The number of piperazine rings is 1. The predicted octanol–water partition coefficient (Wildman–Crippen LogP) is 2.15. The van der Waals surface area contributed by atoms with E-state index in [9.17, 15) is 0 Å². The number of rotatable bonds is 7. The molecule has 0 aliphatic carbocycles. The van der Waals surface area contributed by atoms with Crippen LogP contribution < -0.4 is 14.8 Å². The summed E-state index contributed by atoms with van der Waals surface area (Å²) < 4.78 is 11.2. The van der Waals surface area contributed by atoms with Gasteiger partial charge in [-0.2, -0.15) is 0 Å². The van der Waals surface area contributed by atoms with E-state index in [-0.39, 0.29) is 0 Å². The van der Waals surface area contributed by atoms with Crippen LogP contribution in [0.4, 0.5) is 0 Å². The molecule has 0 spiro atoms. The number of hydrogen-bond donors (Lipinski definition) is 1. The fraction of sp³-hybridized carbons (Fsp3) is 0.625. The van der Waals surface area contributed by atoms with E-state index in [1.807, 2.05) is 24.3 Å². The van der Waals surface area contributed by atoms with Gasteiger partial charge in [-0.1, -0.05) is 25.5 Å². The van der Waals surface area contributed by atoms with Crippen molar-refractivity contribution in [1.29, 1.82) is 0 Å². The van der Waals surface area contributed by atoms with Gasteiger partial charge in [-0.15, -0.1) is 0 Å². The zero-order valence-electron chi connectivity index (χ0n) is 12.6. The highest BCUT2D eigenvalue weighted by molar-refractivity contribution is 5.39. The number of nitrogens with one attached hydrogen (secondary N) is 1. The van der Waals surface area contributed by atoms with E-state index in [2.05, 4.69) is 17.1 Å². The molecule has 0 bridgehead atoms. The molecular weight excluding hydrogens is 252 g/mol. The number of hydrogen-bond acceptors (Lipinski definition) is 4. The molecule has 0 saturated carbocycles. The fourth-order valence-corrected chi connectivity index (χ4v) is 2.73. The Morgan fingerprint density at radius 1 is 1.30 bits per heavy atom. The molecule has 4 nitrogen and oxygen atoms in total. The van der Waals surface area contributed by atoms with E-state index in [0.29, 0.717) is 12.6 Å². The largest absolute Gasteiger partial charge is 0.493 e. The van der Waals surface area contributed by atoms with Gasteiger partial charge in [0.25, 0.3) is 0 Å². The third-order valence-electron chi connectivity index (χ3n) is 3.80. The number of methoxy groups -OCH3 is 1. The van der Waals surface area contributed by atoms with Crippen molar-refractivity contribution in [3.05, 3.63) is 24.3 Å². The Hall–Kier alpha value is -1.26. The predicted molar refractivity (Wildman–Crippen MR) is 81.6 cm³/mol.